The number of nitrogens with zero attached hydrogens (tertiary/aromatic N) is 5. The summed E-state index contributed by atoms with van der Waals surface area (Å²) >= 11 is 3.30. The van der Waals surface area contributed by atoms with Gasteiger partial charge in [-0.25, -0.2) is 9.97 Å². The van der Waals surface area contributed by atoms with Crippen LogP contribution in [-0.2, 0) is 82.1 Å². The number of aromatic nitrogens is 2. The smallest absolute Gasteiger partial charge is 0.248 e. The summed E-state index contributed by atoms with van der Waals surface area (Å²) in [5.74, 6) is -1.25. The predicted molar refractivity (Wildman–Crippen MR) is 496 cm³/mol. The van der Waals surface area contributed by atoms with Crippen LogP contribution in [0.3, 0.4) is 0 Å². The van der Waals surface area contributed by atoms with Gasteiger partial charge in [0.2, 0.25) is 41.3 Å². The molecule has 6 heterocycles. The fraction of sp³-hybridized carbons (Fsp3) is 0.420. The Labute approximate surface area is 750 Å². The molecule has 3 saturated heterocycles. The van der Waals surface area contributed by atoms with Crippen LogP contribution in [0.15, 0.2) is 246 Å². The van der Waals surface area contributed by atoms with Crippen LogP contribution in [-0.4, -0.2) is 188 Å². The minimum Gasteiger partial charge on any atom is -0.445 e. The second-order valence-electron chi connectivity index (χ2n) is 34.4. The van der Waals surface area contributed by atoms with Crippen LogP contribution in [0.5, 0.6) is 0 Å². The molecule has 0 aliphatic carbocycles. The van der Waals surface area contributed by atoms with Crippen molar-refractivity contribution in [3.05, 3.63) is 275 Å². The SMILES string of the molecule is CC(OCc1ccccc1)[C@H](NC(=O)[C@H](C)N)C(=O)N1CCC[C@H]1/C=C/[C@](C)(CO)Cc1cccc(-c2cccs2)c1.CC(OCc1ccccc1)[C@H](NC(=O)[C@H](C)N)C(=O)N1CCC[C@H]1/C=C/[C@](C)(CO)Cc1cccc(-c2ncco2)c1.CC(OCc1ccccc1)[C@H](NC(=O)[C@H](C)N)C(=O)N1CCC[C@H]1/C=C/[C@](C)(CO)Cc1cccc(-c2nccs2)c1. The molecule has 6 aromatic carbocycles. The normalized spacial score (nSPS) is 18.9. The Morgan fingerprint density at radius 2 is 0.794 bits per heavy atom. The van der Waals surface area contributed by atoms with Crippen molar-refractivity contribution >= 4 is 58.1 Å². The van der Waals surface area contributed by atoms with Crippen LogP contribution < -0.4 is 33.2 Å². The zero-order chi connectivity index (χ0) is 90.3. The Kier molecular flexibility index (Phi) is 37.2. The maximum Gasteiger partial charge on any atom is 0.248 e. The zero-order valence-electron chi connectivity index (χ0n) is 74.0. The van der Waals surface area contributed by atoms with Gasteiger partial charge in [0.15, 0.2) is 0 Å². The van der Waals surface area contributed by atoms with E-state index in [1.54, 1.807) is 87.8 Å². The number of carbonyl (C=O) groups excluding carboxylic acids is 6. The third-order valence-electron chi connectivity index (χ3n) is 23.2. The highest BCUT2D eigenvalue weighted by Gasteiger charge is 2.41. The van der Waals surface area contributed by atoms with Crippen LogP contribution in [0.1, 0.15) is 134 Å². The molecule has 0 saturated carbocycles. The number of amides is 6. The summed E-state index contributed by atoms with van der Waals surface area (Å²) in [6.07, 6.45) is 22.2. The Balaban J connectivity index is 0.000000197. The highest BCUT2D eigenvalue weighted by molar-refractivity contribution is 7.13. The first-order valence-corrected chi connectivity index (χ1v) is 45.4. The van der Waals surface area contributed by atoms with Crippen molar-refractivity contribution < 1.29 is 62.7 Å². The van der Waals surface area contributed by atoms with E-state index in [2.05, 4.69) is 73.8 Å². The molecule has 3 aliphatic rings. The molecule has 26 heteroatoms. The van der Waals surface area contributed by atoms with Gasteiger partial charge in [0.25, 0.3) is 0 Å². The highest BCUT2D eigenvalue weighted by atomic mass is 32.1. The molecule has 15 atom stereocenters. The van der Waals surface area contributed by atoms with Crippen molar-refractivity contribution in [1.29, 1.82) is 0 Å². The topological polar surface area (TPSA) is 354 Å². The molecule has 12 N–H and O–H groups in total. The second-order valence-corrected chi connectivity index (χ2v) is 36.2. The first kappa shape index (κ1) is 97.7. The molecule has 3 unspecified atom stereocenters. The molecule has 3 aromatic heterocycles. The van der Waals surface area contributed by atoms with Crippen molar-refractivity contribution in [3.63, 3.8) is 0 Å². The average Bonchev–Trinajstić information content (AvgIpc) is 1.62. The molecule has 3 aliphatic heterocycles. The third-order valence-corrected chi connectivity index (χ3v) is 24.9. The number of rotatable bonds is 39. The monoisotopic (exact) mass is 1750 g/mol. The highest BCUT2D eigenvalue weighted by Crippen LogP contribution is 2.35. The molecule has 672 valence electrons. The molecule has 12 rings (SSSR count). The van der Waals surface area contributed by atoms with Gasteiger partial charge in [-0.15, -0.1) is 22.7 Å². The van der Waals surface area contributed by atoms with E-state index in [9.17, 15) is 44.1 Å². The summed E-state index contributed by atoms with van der Waals surface area (Å²) in [5, 5.41) is 44.7. The number of thiazole rings is 1. The number of benzene rings is 6. The molecule has 126 heavy (non-hydrogen) atoms. The Morgan fingerprint density at radius 3 is 1.12 bits per heavy atom. The van der Waals surface area contributed by atoms with Gasteiger partial charge >= 0.3 is 0 Å². The van der Waals surface area contributed by atoms with Crippen LogP contribution in [0.2, 0.25) is 0 Å². The minimum atomic E-state index is -0.886. The van der Waals surface area contributed by atoms with Crippen LogP contribution in [0, 0.1) is 16.2 Å². The maximum absolute atomic E-state index is 13.9. The first-order chi connectivity index (χ1) is 60.6. The summed E-state index contributed by atoms with van der Waals surface area (Å²) in [4.78, 5) is 94.8. The number of likely N-dealkylation sites (tertiary alicyclic amines) is 3. The quantitative estimate of drug-likeness (QED) is 0.0162. The molecule has 9 aromatic rings. The fourth-order valence-electron chi connectivity index (χ4n) is 15.6. The lowest BCUT2D eigenvalue weighted by Crippen LogP contribution is -2.57. The number of oxazole rings is 1. The number of nitrogens with one attached hydrogen (secondary N) is 3. The molecule has 0 radical (unpaired) electrons. The van der Waals surface area contributed by atoms with Gasteiger partial charge < -0.3 is 81.8 Å². The molecular weight excluding hydrogens is 1630 g/mol. The van der Waals surface area contributed by atoms with Gasteiger partial charge in [-0.1, -0.05) is 209 Å². The number of aliphatic hydroxyl groups excluding tert-OH is 3. The fourth-order valence-corrected chi connectivity index (χ4v) is 17.0. The minimum absolute atomic E-state index is 0.0230. The lowest BCUT2D eigenvalue weighted by atomic mass is 9.83. The van der Waals surface area contributed by atoms with Gasteiger partial charge in [0.1, 0.15) is 29.4 Å². The van der Waals surface area contributed by atoms with Gasteiger partial charge in [0.05, 0.1) is 100 Å². The number of carbonyl (C=O) groups is 6. The van der Waals surface area contributed by atoms with Crippen molar-refractivity contribution in [2.45, 2.75) is 213 Å². The van der Waals surface area contributed by atoms with Crippen LogP contribution >= 0.6 is 22.7 Å². The largest absolute Gasteiger partial charge is 0.445 e. The number of hydrogen-bond acceptors (Lipinski definition) is 20. The van der Waals surface area contributed by atoms with Crippen molar-refractivity contribution in [2.24, 2.45) is 33.4 Å². The molecule has 3 fully saturated rings. The van der Waals surface area contributed by atoms with Gasteiger partial charge in [-0.3, -0.25) is 28.8 Å². The number of ether oxygens (including phenoxy) is 3. The van der Waals surface area contributed by atoms with Gasteiger partial charge in [0, 0.05) is 63.5 Å². The summed E-state index contributed by atoms with van der Waals surface area (Å²) in [5.41, 5.74) is 25.2. The summed E-state index contributed by atoms with van der Waals surface area (Å²) < 4.78 is 23.6. The van der Waals surface area contributed by atoms with E-state index in [-0.39, 0.29) is 55.7 Å². The van der Waals surface area contributed by atoms with Crippen molar-refractivity contribution in [2.75, 3.05) is 39.5 Å². The molecule has 0 spiro atoms. The Hall–Kier alpha value is -10.5. The molecule has 24 nitrogen and oxygen atoms in total. The van der Waals surface area contributed by atoms with E-state index in [1.165, 1.54) is 10.4 Å². The number of thiophene rings is 1. The van der Waals surface area contributed by atoms with Crippen molar-refractivity contribution in [3.8, 4) is 32.5 Å². The van der Waals surface area contributed by atoms with Crippen LogP contribution in [0.4, 0.5) is 0 Å². The summed E-state index contributed by atoms with van der Waals surface area (Å²) in [6.45, 7) is 18.8. The van der Waals surface area contributed by atoms with E-state index in [0.717, 1.165) is 88.0 Å². The van der Waals surface area contributed by atoms with E-state index in [1.807, 2.05) is 206 Å². The summed E-state index contributed by atoms with van der Waals surface area (Å²) in [7, 11) is 0. The predicted octanol–water partition coefficient (Wildman–Crippen LogP) is 13.1. The van der Waals surface area contributed by atoms with Crippen LogP contribution in [0.25, 0.3) is 32.5 Å². The first-order valence-electron chi connectivity index (χ1n) is 43.6. The molecule has 0 bridgehead atoms. The summed E-state index contributed by atoms with van der Waals surface area (Å²) in [6, 6.07) is 52.5. The number of nitrogens with two attached hydrogens (primary N) is 3. The van der Waals surface area contributed by atoms with Gasteiger partial charge in [-0.2, -0.15) is 0 Å². The Morgan fingerprint density at radius 1 is 0.444 bits per heavy atom. The van der Waals surface area contributed by atoms with E-state index in [0.29, 0.717) is 64.6 Å². The van der Waals surface area contributed by atoms with E-state index < -0.39 is 88.5 Å². The van der Waals surface area contributed by atoms with E-state index >= 15 is 0 Å². The standard InChI is InChI=1S/C34H43N3O4S.C33H42N4O5.C33H42N4O4S/c1-24(35)32(39)36-31(25(2)41-22-26-10-5-4-6-11-26)33(40)37-18-8-14-29(37)16-17-34(3,23-38)21-27-12-7-13-28(20-27)30-15-9-19-42-30;1-23(34)30(39)36-29(24(2)42-21-25-9-5-4-6-10-25)32(40)37-17-8-13-28(37)14-15-33(3,22-38)20-26-11-7-12-27(19-26)31-35-16-18-41-31;1-23(34)30(39)36-29(24(2)41-21-25-9-5-4-6-10-25)32(40)37-17-8-13-28(37)14-15-33(3,22-38)20-26-11-7-12-27(19-26)31-35-16-18-42-31/h4-7,9-13,15-17,19-20,24-25,29,31,38H,8,14,18,21-23,35H2,1-3H3,(H,36,39);2*4-7,9-12,14-16,18-19,23-24,28-29,38H,8,13,17,20-22,34H2,1-3H3,(H,36,39)/b17-16+;2*15-14+/t24-,25?,29-,31-,34-;2*23-,24?,28-,29-,33-/m000/s1. The number of hydrogen-bond donors (Lipinski definition) is 9. The lowest BCUT2D eigenvalue weighted by Gasteiger charge is -2.32. The lowest BCUT2D eigenvalue weighted by molar-refractivity contribution is -0.141. The van der Waals surface area contributed by atoms with E-state index in [4.69, 9.17) is 35.8 Å². The van der Waals surface area contributed by atoms with Crippen molar-refractivity contribution in [1.82, 2.24) is 40.6 Å². The Bertz CT molecular complexity index is 4480. The average molecular weight is 1760 g/mol. The second kappa shape index (κ2) is 47.9. The van der Waals surface area contributed by atoms with Gasteiger partial charge in [-0.05, 0) is 168 Å². The molecule has 6 amide bonds. The third kappa shape index (κ3) is 28.8. The maximum atomic E-state index is 13.9. The molecular formula is C100H127N11O13S2. The number of aliphatic hydroxyl groups is 3. The zero-order valence-corrected chi connectivity index (χ0v) is 75.6.